The molecule has 0 bridgehead atoms. The molecule has 0 amide bonds. The first kappa shape index (κ1) is 11.1. The fourth-order valence-electron chi connectivity index (χ4n) is 1.06. The fraction of sp³-hybridized carbons (Fsp3) is 0.273. The third kappa shape index (κ3) is 3.07. The van der Waals surface area contributed by atoms with Crippen molar-refractivity contribution in [1.82, 2.24) is 0 Å². The van der Waals surface area contributed by atoms with Crippen LogP contribution < -0.4 is 10.1 Å². The maximum atomic E-state index is 5.22. The van der Waals surface area contributed by atoms with Crippen molar-refractivity contribution in [2.24, 2.45) is 0 Å². The van der Waals surface area contributed by atoms with E-state index in [9.17, 15) is 0 Å². The minimum atomic E-state index is 0.757. The average molecular weight is 256 g/mol. The van der Waals surface area contributed by atoms with Crippen LogP contribution in [-0.4, -0.2) is 13.7 Å². The fourth-order valence-corrected chi connectivity index (χ4v) is 1.43. The zero-order valence-corrected chi connectivity index (χ0v) is 10.0. The first-order valence-corrected chi connectivity index (χ1v) is 5.14. The number of hydrogen-bond acceptors (Lipinski definition) is 2. The summed E-state index contributed by atoms with van der Waals surface area (Å²) >= 11 is 3.41. The Labute approximate surface area is 93.1 Å². The lowest BCUT2D eigenvalue weighted by Gasteiger charge is -2.11. The van der Waals surface area contributed by atoms with Crippen molar-refractivity contribution in [3.05, 3.63) is 34.8 Å². The molecular weight excluding hydrogens is 242 g/mol. The van der Waals surface area contributed by atoms with Crippen LogP contribution in [0.4, 0.5) is 5.69 Å². The summed E-state index contributed by atoms with van der Waals surface area (Å²) in [5.74, 6) is 0.842. The second kappa shape index (κ2) is 5.05. The van der Waals surface area contributed by atoms with Crippen LogP contribution in [0, 0.1) is 0 Å². The zero-order valence-electron chi connectivity index (χ0n) is 8.43. The van der Waals surface area contributed by atoms with Gasteiger partial charge in [0.1, 0.15) is 5.75 Å². The minimum Gasteiger partial charge on any atom is -0.495 e. The van der Waals surface area contributed by atoms with E-state index < -0.39 is 0 Å². The predicted octanol–water partition coefficient (Wildman–Crippen LogP) is 3.45. The second-order valence-electron chi connectivity index (χ2n) is 3.16. The van der Waals surface area contributed by atoms with Crippen LogP contribution in [0.3, 0.4) is 0 Å². The highest BCUT2D eigenvalue weighted by molar-refractivity contribution is 9.10. The molecule has 0 saturated heterocycles. The molecule has 3 heteroatoms. The summed E-state index contributed by atoms with van der Waals surface area (Å²) < 4.78 is 6.25. The van der Waals surface area contributed by atoms with Gasteiger partial charge in [0, 0.05) is 11.0 Å². The first-order chi connectivity index (χ1) is 6.63. The number of hydrogen-bond donors (Lipinski definition) is 1. The van der Waals surface area contributed by atoms with Crippen LogP contribution in [0.25, 0.3) is 0 Å². The third-order valence-electron chi connectivity index (χ3n) is 1.74. The maximum absolute atomic E-state index is 5.22. The van der Waals surface area contributed by atoms with Crippen molar-refractivity contribution in [3.8, 4) is 5.75 Å². The second-order valence-corrected chi connectivity index (χ2v) is 4.07. The molecule has 76 valence electrons. The Morgan fingerprint density at radius 1 is 1.57 bits per heavy atom. The number of nitrogens with one attached hydrogen (secondary N) is 1. The van der Waals surface area contributed by atoms with Crippen LogP contribution in [0.2, 0.25) is 0 Å². The molecule has 14 heavy (non-hydrogen) atoms. The summed E-state index contributed by atoms with van der Waals surface area (Å²) in [7, 11) is 1.66. The first-order valence-electron chi connectivity index (χ1n) is 4.35. The molecule has 0 atom stereocenters. The van der Waals surface area contributed by atoms with E-state index in [1.807, 2.05) is 25.1 Å². The Morgan fingerprint density at radius 2 is 2.29 bits per heavy atom. The van der Waals surface area contributed by atoms with Crippen molar-refractivity contribution in [3.63, 3.8) is 0 Å². The molecule has 1 aromatic rings. The Morgan fingerprint density at radius 3 is 2.86 bits per heavy atom. The van der Waals surface area contributed by atoms with Gasteiger partial charge in [0.2, 0.25) is 0 Å². The van der Waals surface area contributed by atoms with E-state index in [-0.39, 0.29) is 0 Å². The molecule has 1 aromatic carbocycles. The Kier molecular flexibility index (Phi) is 4.01. The van der Waals surface area contributed by atoms with Gasteiger partial charge >= 0.3 is 0 Å². The van der Waals surface area contributed by atoms with Gasteiger partial charge in [-0.15, -0.1) is 0 Å². The quantitative estimate of drug-likeness (QED) is 0.833. The summed E-state index contributed by atoms with van der Waals surface area (Å²) in [6, 6.07) is 5.86. The highest BCUT2D eigenvalue weighted by Crippen LogP contribution is 2.27. The van der Waals surface area contributed by atoms with Gasteiger partial charge in [0.25, 0.3) is 0 Å². The zero-order chi connectivity index (χ0) is 10.6. The molecule has 0 unspecified atom stereocenters. The summed E-state index contributed by atoms with van der Waals surface area (Å²) in [4.78, 5) is 0. The lowest BCUT2D eigenvalue weighted by molar-refractivity contribution is 0.416. The molecule has 0 radical (unpaired) electrons. The number of methoxy groups -OCH3 is 1. The van der Waals surface area contributed by atoms with Crippen molar-refractivity contribution >= 4 is 21.6 Å². The SMILES string of the molecule is C=C(C)CNc1cc(Br)ccc1OC. The molecule has 0 aromatic heterocycles. The van der Waals surface area contributed by atoms with Crippen LogP contribution in [0.15, 0.2) is 34.8 Å². The van der Waals surface area contributed by atoms with Crippen LogP contribution in [0.5, 0.6) is 5.75 Å². The Hall–Kier alpha value is -0.960. The van der Waals surface area contributed by atoms with Gasteiger partial charge in [-0.1, -0.05) is 28.1 Å². The van der Waals surface area contributed by atoms with E-state index in [1.165, 1.54) is 0 Å². The molecule has 0 spiro atoms. The van der Waals surface area contributed by atoms with E-state index in [0.29, 0.717) is 0 Å². The summed E-state index contributed by atoms with van der Waals surface area (Å²) in [5, 5.41) is 3.25. The maximum Gasteiger partial charge on any atom is 0.142 e. The standard InChI is InChI=1S/C11H14BrNO/c1-8(2)7-13-10-6-9(12)4-5-11(10)14-3/h4-6,13H,1,7H2,2-3H3. The van der Waals surface area contributed by atoms with Gasteiger partial charge in [-0.2, -0.15) is 0 Å². The van der Waals surface area contributed by atoms with Gasteiger partial charge in [-0.05, 0) is 25.1 Å². The van der Waals surface area contributed by atoms with Crippen molar-refractivity contribution in [2.45, 2.75) is 6.92 Å². The number of benzene rings is 1. The number of anilines is 1. The van der Waals surface area contributed by atoms with Gasteiger partial charge in [-0.25, -0.2) is 0 Å². The van der Waals surface area contributed by atoms with E-state index in [2.05, 4.69) is 27.8 Å². The third-order valence-corrected chi connectivity index (χ3v) is 2.24. The van der Waals surface area contributed by atoms with Gasteiger partial charge < -0.3 is 10.1 Å². The molecule has 0 aliphatic heterocycles. The van der Waals surface area contributed by atoms with E-state index in [0.717, 1.165) is 28.0 Å². The Bertz CT molecular complexity index is 336. The summed E-state index contributed by atoms with van der Waals surface area (Å²) in [6.07, 6.45) is 0. The normalized spacial score (nSPS) is 9.64. The van der Waals surface area contributed by atoms with Gasteiger partial charge in [-0.3, -0.25) is 0 Å². The monoisotopic (exact) mass is 255 g/mol. The lowest BCUT2D eigenvalue weighted by atomic mass is 10.2. The Balaban J connectivity index is 2.82. The molecular formula is C11H14BrNO. The molecule has 0 aliphatic carbocycles. The molecule has 0 heterocycles. The van der Waals surface area contributed by atoms with Crippen molar-refractivity contribution in [1.29, 1.82) is 0 Å². The minimum absolute atomic E-state index is 0.757. The average Bonchev–Trinajstić information content (AvgIpc) is 2.15. The molecule has 1 N–H and O–H groups in total. The number of halogens is 1. The predicted molar refractivity (Wildman–Crippen MR) is 64.0 cm³/mol. The summed E-state index contributed by atoms with van der Waals surface area (Å²) in [5.41, 5.74) is 2.07. The number of ether oxygens (including phenoxy) is 1. The topological polar surface area (TPSA) is 21.3 Å². The highest BCUT2D eigenvalue weighted by atomic mass is 79.9. The highest BCUT2D eigenvalue weighted by Gasteiger charge is 2.02. The lowest BCUT2D eigenvalue weighted by Crippen LogP contribution is -2.03. The molecule has 0 aliphatic rings. The van der Waals surface area contributed by atoms with E-state index in [4.69, 9.17) is 4.74 Å². The van der Waals surface area contributed by atoms with E-state index in [1.54, 1.807) is 7.11 Å². The summed E-state index contributed by atoms with van der Waals surface area (Å²) in [6.45, 7) is 6.57. The van der Waals surface area contributed by atoms with E-state index >= 15 is 0 Å². The van der Waals surface area contributed by atoms with Crippen LogP contribution in [0.1, 0.15) is 6.92 Å². The largest absolute Gasteiger partial charge is 0.495 e. The van der Waals surface area contributed by atoms with Gasteiger partial charge in [0.05, 0.1) is 12.8 Å². The molecule has 0 saturated carbocycles. The number of rotatable bonds is 4. The smallest absolute Gasteiger partial charge is 0.142 e. The molecule has 1 rings (SSSR count). The van der Waals surface area contributed by atoms with Crippen LogP contribution >= 0.6 is 15.9 Å². The van der Waals surface area contributed by atoms with Crippen molar-refractivity contribution < 1.29 is 4.74 Å². The van der Waals surface area contributed by atoms with Gasteiger partial charge in [0.15, 0.2) is 0 Å². The molecule has 0 fully saturated rings. The van der Waals surface area contributed by atoms with Crippen LogP contribution in [-0.2, 0) is 0 Å². The van der Waals surface area contributed by atoms with Crippen molar-refractivity contribution in [2.75, 3.05) is 19.0 Å². The molecule has 2 nitrogen and oxygen atoms in total.